The van der Waals surface area contributed by atoms with E-state index in [0.717, 1.165) is 6.07 Å². The summed E-state index contributed by atoms with van der Waals surface area (Å²) in [5, 5.41) is 10.4. The minimum atomic E-state index is -3.96. The molecule has 1 unspecified atom stereocenters. The molecule has 0 spiro atoms. The third-order valence-corrected chi connectivity index (χ3v) is 4.91. The second kappa shape index (κ2) is 7.29. The van der Waals surface area contributed by atoms with Crippen LogP contribution in [0.25, 0.3) is 0 Å². The topological polar surface area (TPSA) is 75.6 Å². The largest absolute Gasteiger partial charge is 0.491 e. The van der Waals surface area contributed by atoms with E-state index in [1.54, 1.807) is 37.3 Å². The van der Waals surface area contributed by atoms with E-state index < -0.39 is 21.4 Å². The maximum atomic E-state index is 13.8. The Hall–Kier alpha value is -1.96. The van der Waals surface area contributed by atoms with E-state index in [4.69, 9.17) is 4.74 Å². The van der Waals surface area contributed by atoms with Crippen molar-refractivity contribution in [3.05, 3.63) is 59.9 Å². The number of nitrogens with one attached hydrogen (secondary N) is 1. The molecule has 0 aliphatic rings. The molecule has 0 aliphatic heterocycles. The lowest BCUT2D eigenvalue weighted by molar-refractivity contribution is 0.0627. The number of halogens is 1. The van der Waals surface area contributed by atoms with E-state index in [-0.39, 0.29) is 23.8 Å². The highest BCUT2D eigenvalue weighted by molar-refractivity contribution is 7.89. The van der Waals surface area contributed by atoms with Gasteiger partial charge in [0.15, 0.2) is 11.6 Å². The minimum Gasteiger partial charge on any atom is -0.491 e. The predicted octanol–water partition coefficient (Wildman–Crippen LogP) is 2.41. The van der Waals surface area contributed by atoms with Gasteiger partial charge in [-0.05, 0) is 37.6 Å². The second-order valence-electron chi connectivity index (χ2n) is 5.49. The fraction of sp³-hybridized carbons (Fsp3) is 0.294. The number of benzene rings is 2. The first kappa shape index (κ1) is 18.4. The Kier molecular flexibility index (Phi) is 5.58. The van der Waals surface area contributed by atoms with E-state index in [1.807, 2.05) is 0 Å². The molecule has 0 radical (unpaired) electrons. The summed E-state index contributed by atoms with van der Waals surface area (Å²) in [7, 11) is -3.96. The summed E-state index contributed by atoms with van der Waals surface area (Å²) < 4.78 is 45.8. The molecule has 0 heterocycles. The van der Waals surface area contributed by atoms with Crippen molar-refractivity contribution in [1.82, 2.24) is 4.72 Å². The van der Waals surface area contributed by atoms with E-state index in [9.17, 15) is 17.9 Å². The fourth-order valence-corrected chi connectivity index (χ4v) is 3.28. The van der Waals surface area contributed by atoms with Crippen LogP contribution in [0.5, 0.6) is 5.75 Å². The van der Waals surface area contributed by atoms with E-state index >= 15 is 0 Å². The van der Waals surface area contributed by atoms with Crippen LogP contribution in [0.1, 0.15) is 19.4 Å². The molecule has 0 saturated heterocycles. The maximum absolute atomic E-state index is 13.8. The molecule has 0 bridgehead atoms. The van der Waals surface area contributed by atoms with Gasteiger partial charge in [-0.25, -0.2) is 17.5 Å². The molecule has 2 N–H and O–H groups in total. The zero-order chi connectivity index (χ0) is 17.8. The van der Waals surface area contributed by atoms with Gasteiger partial charge in [-0.1, -0.05) is 30.3 Å². The summed E-state index contributed by atoms with van der Waals surface area (Å²) >= 11 is 0. The van der Waals surface area contributed by atoms with E-state index in [1.165, 1.54) is 19.1 Å². The third-order valence-electron chi connectivity index (χ3n) is 3.52. The summed E-state index contributed by atoms with van der Waals surface area (Å²) in [5.41, 5.74) is -0.816. The molecule has 0 fully saturated rings. The lowest BCUT2D eigenvalue weighted by Crippen LogP contribution is -2.38. The van der Waals surface area contributed by atoms with Gasteiger partial charge in [0.1, 0.15) is 5.60 Å². The minimum absolute atomic E-state index is 0.00673. The molecule has 2 rings (SSSR count). The molecule has 0 aliphatic carbocycles. The lowest BCUT2D eigenvalue weighted by Gasteiger charge is -2.24. The average Bonchev–Trinajstić information content (AvgIpc) is 2.56. The number of ether oxygens (including phenoxy) is 1. The number of hydrogen-bond donors (Lipinski definition) is 2. The molecule has 7 heteroatoms. The highest BCUT2D eigenvalue weighted by Crippen LogP contribution is 2.23. The number of aliphatic hydroxyl groups is 1. The van der Waals surface area contributed by atoms with E-state index in [2.05, 4.69) is 4.72 Å². The van der Waals surface area contributed by atoms with Crippen LogP contribution >= 0.6 is 0 Å². The first-order chi connectivity index (χ1) is 11.3. The average molecular weight is 353 g/mol. The Morgan fingerprint density at radius 2 is 1.88 bits per heavy atom. The van der Waals surface area contributed by atoms with Crippen molar-refractivity contribution >= 4 is 10.0 Å². The van der Waals surface area contributed by atoms with Crippen LogP contribution in [0.4, 0.5) is 4.39 Å². The van der Waals surface area contributed by atoms with Gasteiger partial charge in [0.2, 0.25) is 10.0 Å². The number of rotatable bonds is 7. The smallest absolute Gasteiger partial charge is 0.240 e. The molecule has 1 atom stereocenters. The van der Waals surface area contributed by atoms with Gasteiger partial charge in [-0.3, -0.25) is 0 Å². The monoisotopic (exact) mass is 353 g/mol. The molecule has 130 valence electrons. The van der Waals surface area contributed by atoms with Gasteiger partial charge in [-0.2, -0.15) is 0 Å². The second-order valence-corrected chi connectivity index (χ2v) is 7.26. The van der Waals surface area contributed by atoms with Crippen molar-refractivity contribution in [2.45, 2.75) is 24.3 Å². The van der Waals surface area contributed by atoms with Gasteiger partial charge in [-0.15, -0.1) is 0 Å². The standard InChI is InChI=1S/C17H20FNO4S/c1-3-23-16-10-9-14(11-15(16)18)24(21,22)19-12-17(2,20)13-7-5-4-6-8-13/h4-11,19-20H,3,12H2,1-2H3. The summed E-state index contributed by atoms with van der Waals surface area (Å²) in [4.78, 5) is -0.229. The molecular weight excluding hydrogens is 333 g/mol. The predicted molar refractivity (Wildman–Crippen MR) is 88.8 cm³/mol. The number of hydrogen-bond acceptors (Lipinski definition) is 4. The highest BCUT2D eigenvalue weighted by atomic mass is 32.2. The molecular formula is C17H20FNO4S. The lowest BCUT2D eigenvalue weighted by atomic mass is 9.97. The Morgan fingerprint density at radius 1 is 1.21 bits per heavy atom. The SMILES string of the molecule is CCOc1ccc(S(=O)(=O)NCC(C)(O)c2ccccc2)cc1F. The van der Waals surface area contributed by atoms with Gasteiger partial charge < -0.3 is 9.84 Å². The molecule has 0 saturated carbocycles. The summed E-state index contributed by atoms with van der Waals surface area (Å²) in [5.74, 6) is -0.762. The van der Waals surface area contributed by atoms with Crippen molar-refractivity contribution in [3.8, 4) is 5.75 Å². The van der Waals surface area contributed by atoms with E-state index in [0.29, 0.717) is 5.56 Å². The van der Waals surface area contributed by atoms with Crippen molar-refractivity contribution in [2.24, 2.45) is 0 Å². The Bertz CT molecular complexity index is 791. The highest BCUT2D eigenvalue weighted by Gasteiger charge is 2.26. The molecule has 0 amide bonds. The summed E-state index contributed by atoms with van der Waals surface area (Å²) in [6.07, 6.45) is 0. The normalized spacial score (nSPS) is 14.2. The van der Waals surface area contributed by atoms with Gasteiger partial charge in [0.25, 0.3) is 0 Å². The van der Waals surface area contributed by atoms with Crippen LogP contribution in [-0.4, -0.2) is 26.7 Å². The van der Waals surface area contributed by atoms with Gasteiger partial charge in [0, 0.05) is 6.54 Å². The summed E-state index contributed by atoms with van der Waals surface area (Å²) in [6.45, 7) is 3.25. The fourth-order valence-electron chi connectivity index (χ4n) is 2.14. The van der Waals surface area contributed by atoms with Crippen LogP contribution in [0.15, 0.2) is 53.4 Å². The van der Waals surface area contributed by atoms with Gasteiger partial charge in [0.05, 0.1) is 11.5 Å². The molecule has 24 heavy (non-hydrogen) atoms. The van der Waals surface area contributed by atoms with Crippen LogP contribution in [0, 0.1) is 5.82 Å². The van der Waals surface area contributed by atoms with Crippen molar-refractivity contribution in [3.63, 3.8) is 0 Å². The Labute approximate surface area is 141 Å². The zero-order valence-electron chi connectivity index (χ0n) is 13.5. The molecule has 5 nitrogen and oxygen atoms in total. The number of sulfonamides is 1. The first-order valence-corrected chi connectivity index (χ1v) is 8.94. The van der Waals surface area contributed by atoms with Crippen molar-refractivity contribution in [2.75, 3.05) is 13.2 Å². The van der Waals surface area contributed by atoms with Crippen LogP contribution in [0.3, 0.4) is 0 Å². The van der Waals surface area contributed by atoms with Crippen molar-refractivity contribution < 1.29 is 22.7 Å². The van der Waals surface area contributed by atoms with Crippen LogP contribution in [-0.2, 0) is 15.6 Å². The summed E-state index contributed by atoms with van der Waals surface area (Å²) in [6, 6.07) is 12.1. The first-order valence-electron chi connectivity index (χ1n) is 7.46. The maximum Gasteiger partial charge on any atom is 0.240 e. The quantitative estimate of drug-likeness (QED) is 0.801. The van der Waals surface area contributed by atoms with Crippen LogP contribution in [0.2, 0.25) is 0 Å². The Morgan fingerprint density at radius 3 is 2.46 bits per heavy atom. The zero-order valence-corrected chi connectivity index (χ0v) is 14.3. The third kappa shape index (κ3) is 4.31. The van der Waals surface area contributed by atoms with Crippen molar-refractivity contribution in [1.29, 1.82) is 0 Å². The molecule has 2 aromatic carbocycles. The van der Waals surface area contributed by atoms with Gasteiger partial charge >= 0.3 is 0 Å². The van der Waals surface area contributed by atoms with Crippen LogP contribution < -0.4 is 9.46 Å². The molecule has 0 aromatic heterocycles. The Balaban J connectivity index is 2.15. The molecule has 2 aromatic rings.